The molecule has 0 aliphatic rings. The molecular weight excluding hydrogens is 238 g/mol. The Morgan fingerprint density at radius 3 is 2.68 bits per heavy atom. The van der Waals surface area contributed by atoms with Crippen molar-refractivity contribution in [2.24, 2.45) is 0 Å². The average Bonchev–Trinajstić information content (AvgIpc) is 2.45. The molecule has 0 unspecified atom stereocenters. The summed E-state index contributed by atoms with van der Waals surface area (Å²) in [5.74, 6) is -0.280. The van der Waals surface area contributed by atoms with Crippen LogP contribution in [0.25, 0.3) is 6.08 Å². The monoisotopic (exact) mass is 261 g/mol. The fourth-order valence-corrected chi connectivity index (χ4v) is 1.57. The minimum Gasteiger partial charge on any atom is -0.462 e. The van der Waals surface area contributed by atoms with Gasteiger partial charge >= 0.3 is 5.97 Å². The second-order valence-electron chi connectivity index (χ2n) is 4.37. The van der Waals surface area contributed by atoms with Crippen molar-refractivity contribution in [3.63, 3.8) is 0 Å². The summed E-state index contributed by atoms with van der Waals surface area (Å²) in [7, 11) is 0. The van der Waals surface area contributed by atoms with Crippen molar-refractivity contribution < 1.29 is 9.53 Å². The van der Waals surface area contributed by atoms with Gasteiger partial charge in [0.15, 0.2) is 0 Å². The van der Waals surface area contributed by atoms with Gasteiger partial charge < -0.3 is 10.1 Å². The maximum atomic E-state index is 11.4. The molecular formula is C16H23NO2. The number of hydrogen-bond donors (Lipinski definition) is 1. The molecule has 1 aromatic rings. The van der Waals surface area contributed by atoms with Gasteiger partial charge in [-0.25, -0.2) is 4.79 Å². The number of benzene rings is 1. The zero-order chi connectivity index (χ0) is 13.8. The summed E-state index contributed by atoms with van der Waals surface area (Å²) in [4.78, 5) is 11.4. The third-order valence-corrected chi connectivity index (χ3v) is 2.66. The summed E-state index contributed by atoms with van der Waals surface area (Å²) < 4.78 is 5.10. The molecule has 0 heterocycles. The predicted octanol–water partition coefficient (Wildman–Crippen LogP) is 3.02. The van der Waals surface area contributed by atoms with E-state index in [9.17, 15) is 4.79 Å². The first kappa shape index (κ1) is 15.4. The van der Waals surface area contributed by atoms with E-state index in [1.54, 1.807) is 6.08 Å². The van der Waals surface area contributed by atoms with Gasteiger partial charge in [0.2, 0.25) is 0 Å². The van der Waals surface area contributed by atoms with E-state index in [1.165, 1.54) is 18.9 Å². The van der Waals surface area contributed by atoms with Gasteiger partial charge in [0.1, 0.15) is 0 Å². The maximum Gasteiger partial charge on any atom is 0.330 e. The van der Waals surface area contributed by atoms with Crippen molar-refractivity contribution in [2.45, 2.75) is 26.2 Å². The van der Waals surface area contributed by atoms with E-state index in [4.69, 9.17) is 4.74 Å². The molecule has 0 spiro atoms. The Hall–Kier alpha value is -1.61. The first-order chi connectivity index (χ1) is 9.33. The first-order valence-corrected chi connectivity index (χ1v) is 6.93. The summed E-state index contributed by atoms with van der Waals surface area (Å²) in [5, 5.41) is 3.31. The minimum absolute atomic E-state index is 0.280. The molecule has 104 valence electrons. The molecule has 3 heteroatoms. The highest BCUT2D eigenvalue weighted by molar-refractivity contribution is 5.86. The van der Waals surface area contributed by atoms with E-state index in [0.717, 1.165) is 25.1 Å². The molecule has 0 aliphatic heterocycles. The van der Waals surface area contributed by atoms with Gasteiger partial charge in [-0.05, 0) is 37.6 Å². The Labute approximate surface area is 115 Å². The lowest BCUT2D eigenvalue weighted by Crippen LogP contribution is -2.18. The average molecular weight is 261 g/mol. The minimum atomic E-state index is -0.280. The van der Waals surface area contributed by atoms with E-state index < -0.39 is 0 Å². The Kier molecular flexibility index (Phi) is 8.39. The van der Waals surface area contributed by atoms with Crippen molar-refractivity contribution in [1.82, 2.24) is 5.32 Å². The summed E-state index contributed by atoms with van der Waals surface area (Å²) >= 11 is 0. The maximum absolute atomic E-state index is 11.4. The highest BCUT2D eigenvalue weighted by atomic mass is 16.5. The van der Waals surface area contributed by atoms with Crippen LogP contribution in [0, 0.1) is 0 Å². The van der Waals surface area contributed by atoms with Crippen LogP contribution >= 0.6 is 0 Å². The fourth-order valence-electron chi connectivity index (χ4n) is 1.57. The normalized spacial score (nSPS) is 10.8. The fraction of sp³-hybridized carbons (Fsp3) is 0.438. The Bertz CT molecular complexity index is 374. The molecule has 0 radical (unpaired) electrons. The van der Waals surface area contributed by atoms with Crippen LogP contribution in [0.5, 0.6) is 0 Å². The first-order valence-electron chi connectivity index (χ1n) is 6.93. The molecule has 0 aromatic heterocycles. The molecule has 0 saturated carbocycles. The van der Waals surface area contributed by atoms with Gasteiger partial charge in [-0.1, -0.05) is 43.7 Å². The molecule has 0 amide bonds. The number of carbonyl (C=O) groups is 1. The largest absolute Gasteiger partial charge is 0.462 e. The summed E-state index contributed by atoms with van der Waals surface area (Å²) in [5.41, 5.74) is 1.00. The number of unbranched alkanes of at least 4 members (excludes halogenated alkanes) is 1. The van der Waals surface area contributed by atoms with Gasteiger partial charge in [-0.2, -0.15) is 0 Å². The number of rotatable bonds is 9. The van der Waals surface area contributed by atoms with Gasteiger partial charge in [0, 0.05) is 6.08 Å². The van der Waals surface area contributed by atoms with Gasteiger partial charge in [0.05, 0.1) is 6.61 Å². The topological polar surface area (TPSA) is 38.3 Å². The second kappa shape index (κ2) is 10.3. The molecule has 0 atom stereocenters. The molecule has 0 saturated heterocycles. The summed E-state index contributed by atoms with van der Waals surface area (Å²) in [6, 6.07) is 9.71. The van der Waals surface area contributed by atoms with Crippen LogP contribution in [0.2, 0.25) is 0 Å². The third-order valence-electron chi connectivity index (χ3n) is 2.66. The summed E-state index contributed by atoms with van der Waals surface area (Å²) in [6.07, 6.45) is 6.49. The third kappa shape index (κ3) is 8.16. The lowest BCUT2D eigenvalue weighted by atomic mass is 10.2. The highest BCUT2D eigenvalue weighted by Gasteiger charge is 1.96. The Morgan fingerprint density at radius 2 is 1.95 bits per heavy atom. The molecule has 1 aromatic carbocycles. The predicted molar refractivity (Wildman–Crippen MR) is 78.8 cm³/mol. The van der Waals surface area contributed by atoms with Gasteiger partial charge in [0.25, 0.3) is 0 Å². The van der Waals surface area contributed by atoms with E-state index in [2.05, 4.69) is 12.2 Å². The zero-order valence-electron chi connectivity index (χ0n) is 11.6. The van der Waals surface area contributed by atoms with E-state index in [1.807, 2.05) is 30.3 Å². The van der Waals surface area contributed by atoms with E-state index in [0.29, 0.717) is 6.61 Å². The lowest BCUT2D eigenvalue weighted by molar-refractivity contribution is -0.137. The molecule has 0 bridgehead atoms. The number of esters is 1. The quantitative estimate of drug-likeness (QED) is 0.422. The molecule has 3 nitrogen and oxygen atoms in total. The lowest BCUT2D eigenvalue weighted by Gasteiger charge is -2.04. The highest BCUT2D eigenvalue weighted by Crippen LogP contribution is 2.01. The van der Waals surface area contributed by atoms with Crippen molar-refractivity contribution in [3.8, 4) is 0 Å². The smallest absolute Gasteiger partial charge is 0.330 e. The van der Waals surface area contributed by atoms with Crippen LogP contribution < -0.4 is 5.32 Å². The number of nitrogens with one attached hydrogen (secondary N) is 1. The van der Waals surface area contributed by atoms with Gasteiger partial charge in [-0.3, -0.25) is 0 Å². The molecule has 0 aliphatic carbocycles. The number of ether oxygens (including phenoxy) is 1. The van der Waals surface area contributed by atoms with Crippen LogP contribution in [0.4, 0.5) is 0 Å². The van der Waals surface area contributed by atoms with Crippen LogP contribution in [-0.4, -0.2) is 25.7 Å². The molecule has 1 N–H and O–H groups in total. The summed E-state index contributed by atoms with van der Waals surface area (Å²) in [6.45, 7) is 4.58. The van der Waals surface area contributed by atoms with E-state index in [-0.39, 0.29) is 5.97 Å². The van der Waals surface area contributed by atoms with Crippen molar-refractivity contribution in [3.05, 3.63) is 42.0 Å². The Balaban J connectivity index is 2.07. The SMILES string of the molecule is CCCCNCCCOC(=O)/C=C/c1ccccc1. The van der Waals surface area contributed by atoms with Crippen molar-refractivity contribution >= 4 is 12.0 Å². The number of hydrogen-bond acceptors (Lipinski definition) is 3. The molecule has 19 heavy (non-hydrogen) atoms. The van der Waals surface area contributed by atoms with Crippen LogP contribution in [-0.2, 0) is 9.53 Å². The van der Waals surface area contributed by atoms with Crippen molar-refractivity contribution in [2.75, 3.05) is 19.7 Å². The number of carbonyl (C=O) groups excluding carboxylic acids is 1. The van der Waals surface area contributed by atoms with E-state index >= 15 is 0 Å². The molecule has 1 rings (SSSR count). The standard InChI is InChI=1S/C16H23NO2/c1-2-3-12-17-13-7-14-19-16(18)11-10-15-8-5-4-6-9-15/h4-6,8-11,17H,2-3,7,12-14H2,1H3/b11-10+. The van der Waals surface area contributed by atoms with Crippen LogP contribution in [0.1, 0.15) is 31.7 Å². The zero-order valence-corrected chi connectivity index (χ0v) is 11.6. The van der Waals surface area contributed by atoms with Crippen LogP contribution in [0.15, 0.2) is 36.4 Å². The van der Waals surface area contributed by atoms with Crippen LogP contribution in [0.3, 0.4) is 0 Å². The Morgan fingerprint density at radius 1 is 1.21 bits per heavy atom. The van der Waals surface area contributed by atoms with Gasteiger partial charge in [-0.15, -0.1) is 0 Å². The van der Waals surface area contributed by atoms with Crippen molar-refractivity contribution in [1.29, 1.82) is 0 Å². The second-order valence-corrected chi connectivity index (χ2v) is 4.37. The molecule has 0 fully saturated rings.